The molecule has 9 nitrogen and oxygen atoms in total. The van der Waals surface area contributed by atoms with E-state index in [2.05, 4.69) is 10.3 Å². The summed E-state index contributed by atoms with van der Waals surface area (Å²) in [6.45, 7) is 3.00. The average molecular weight is 378 g/mol. The number of carbonyl (C=O) groups is 3. The summed E-state index contributed by atoms with van der Waals surface area (Å²) in [7, 11) is 0. The van der Waals surface area contributed by atoms with Crippen molar-refractivity contribution in [1.82, 2.24) is 25.0 Å². The summed E-state index contributed by atoms with van der Waals surface area (Å²) in [5.41, 5.74) is 5.87. The van der Waals surface area contributed by atoms with Crippen molar-refractivity contribution in [3.05, 3.63) is 11.1 Å². The van der Waals surface area contributed by atoms with Crippen molar-refractivity contribution in [3.63, 3.8) is 0 Å². The number of nitrogens with two attached hydrogens (primary N) is 1. The topological polar surface area (TPSA) is 112 Å². The molecule has 26 heavy (non-hydrogen) atoms. The predicted octanol–water partition coefficient (Wildman–Crippen LogP) is -0.822. The van der Waals surface area contributed by atoms with Crippen molar-refractivity contribution in [2.24, 2.45) is 5.92 Å². The molecule has 140 valence electrons. The van der Waals surface area contributed by atoms with Gasteiger partial charge >= 0.3 is 0 Å². The van der Waals surface area contributed by atoms with Gasteiger partial charge in [-0.1, -0.05) is 0 Å². The summed E-state index contributed by atoms with van der Waals surface area (Å²) in [6.07, 6.45) is 1.66. The monoisotopic (exact) mass is 378 g/mol. The molecule has 3 aliphatic heterocycles. The first kappa shape index (κ1) is 17.2. The van der Waals surface area contributed by atoms with Crippen LogP contribution in [0.5, 0.6) is 0 Å². The van der Waals surface area contributed by atoms with Gasteiger partial charge in [-0.25, -0.2) is 4.98 Å². The molecule has 3 fully saturated rings. The minimum absolute atomic E-state index is 0.0185. The fourth-order valence-corrected chi connectivity index (χ4v) is 4.44. The smallest absolute Gasteiger partial charge is 0.275 e. The Morgan fingerprint density at radius 2 is 2.04 bits per heavy atom. The van der Waals surface area contributed by atoms with Crippen molar-refractivity contribution in [2.75, 3.05) is 45.0 Å². The fraction of sp³-hybridized carbons (Fsp3) is 0.625. The van der Waals surface area contributed by atoms with Crippen LogP contribution < -0.4 is 11.1 Å². The number of piperazine rings is 1. The number of piperidine rings is 1. The Balaban J connectivity index is 1.49. The van der Waals surface area contributed by atoms with Crippen LogP contribution in [0.25, 0.3) is 0 Å². The van der Waals surface area contributed by atoms with E-state index in [1.54, 1.807) is 5.38 Å². The minimum Gasteiger partial charge on any atom is -0.375 e. The van der Waals surface area contributed by atoms with Crippen LogP contribution in [0.3, 0.4) is 0 Å². The van der Waals surface area contributed by atoms with Gasteiger partial charge in [0, 0.05) is 11.9 Å². The molecule has 1 atom stereocenters. The number of nitrogens with one attached hydrogen (secondary N) is 1. The highest BCUT2D eigenvalue weighted by atomic mass is 32.1. The maximum Gasteiger partial charge on any atom is 0.275 e. The zero-order valence-corrected chi connectivity index (χ0v) is 15.2. The third-order valence-corrected chi connectivity index (χ3v) is 6.00. The van der Waals surface area contributed by atoms with E-state index < -0.39 is 6.17 Å². The van der Waals surface area contributed by atoms with Crippen LogP contribution >= 0.6 is 11.3 Å². The molecule has 0 radical (unpaired) electrons. The normalized spacial score (nSPS) is 24.3. The zero-order valence-electron chi connectivity index (χ0n) is 14.4. The second kappa shape index (κ2) is 6.84. The first-order chi connectivity index (χ1) is 12.5. The van der Waals surface area contributed by atoms with E-state index in [4.69, 9.17) is 5.73 Å². The number of rotatable bonds is 3. The number of nitrogens with zero attached hydrogens (tertiary/aromatic N) is 4. The van der Waals surface area contributed by atoms with Crippen LogP contribution in [-0.2, 0) is 9.59 Å². The SMILES string of the molecule is Nc1nc(C(=O)N2CC(=O)N3CC(=O)N(CC4CCNCC4)CC32)cs1. The molecule has 3 aliphatic rings. The highest BCUT2D eigenvalue weighted by molar-refractivity contribution is 7.13. The highest BCUT2D eigenvalue weighted by Crippen LogP contribution is 2.26. The summed E-state index contributed by atoms with van der Waals surface area (Å²) >= 11 is 1.20. The largest absolute Gasteiger partial charge is 0.375 e. The molecule has 10 heteroatoms. The van der Waals surface area contributed by atoms with Gasteiger partial charge in [-0.15, -0.1) is 11.3 Å². The average Bonchev–Trinajstić information content (AvgIpc) is 3.20. The van der Waals surface area contributed by atoms with Crippen LogP contribution in [0.4, 0.5) is 5.13 Å². The predicted molar refractivity (Wildman–Crippen MR) is 95.2 cm³/mol. The molecule has 0 aromatic carbocycles. The third-order valence-electron chi connectivity index (χ3n) is 5.33. The highest BCUT2D eigenvalue weighted by Gasteiger charge is 2.46. The number of hydrogen-bond donors (Lipinski definition) is 2. The van der Waals surface area contributed by atoms with Crippen molar-refractivity contribution < 1.29 is 14.4 Å². The molecule has 1 unspecified atom stereocenters. The van der Waals surface area contributed by atoms with Crippen LogP contribution in [0, 0.1) is 5.92 Å². The van der Waals surface area contributed by atoms with Crippen molar-refractivity contribution in [1.29, 1.82) is 0 Å². The molecule has 4 heterocycles. The van der Waals surface area contributed by atoms with Crippen molar-refractivity contribution >= 4 is 34.2 Å². The fourth-order valence-electron chi connectivity index (χ4n) is 3.90. The van der Waals surface area contributed by atoms with Gasteiger partial charge in [0.25, 0.3) is 5.91 Å². The van der Waals surface area contributed by atoms with Crippen LogP contribution in [0.1, 0.15) is 23.3 Å². The lowest BCUT2D eigenvalue weighted by Gasteiger charge is -2.41. The van der Waals surface area contributed by atoms with Crippen molar-refractivity contribution in [2.45, 2.75) is 19.0 Å². The van der Waals surface area contributed by atoms with Gasteiger partial charge in [0.1, 0.15) is 24.9 Å². The quantitative estimate of drug-likeness (QED) is 0.711. The summed E-state index contributed by atoms with van der Waals surface area (Å²) in [4.78, 5) is 46.4. The number of aromatic nitrogens is 1. The Morgan fingerprint density at radius 3 is 2.73 bits per heavy atom. The summed E-state index contributed by atoms with van der Waals surface area (Å²) in [5, 5.41) is 5.25. The van der Waals surface area contributed by atoms with Gasteiger partial charge in [0.05, 0.1) is 6.54 Å². The standard InChI is InChI=1S/C16H22N6O3S/c17-16-19-11(9-26-16)15(25)22-8-14(24)21-7-13(23)20(6-12(21)22)5-10-1-3-18-4-2-10/h9-10,12,18H,1-8H2,(H2,17,19). The molecule has 1 aromatic heterocycles. The molecule has 0 aliphatic carbocycles. The first-order valence-electron chi connectivity index (χ1n) is 8.83. The maximum absolute atomic E-state index is 12.8. The number of anilines is 1. The number of carbonyl (C=O) groups excluding carboxylic acids is 3. The summed E-state index contributed by atoms with van der Waals surface area (Å²) in [5.74, 6) is -0.0805. The lowest BCUT2D eigenvalue weighted by atomic mass is 9.97. The molecule has 0 spiro atoms. The molecule has 3 amide bonds. The maximum atomic E-state index is 12.8. The van der Waals surface area contributed by atoms with Gasteiger partial charge in [0.15, 0.2) is 5.13 Å². The molecule has 4 rings (SSSR count). The molecule has 0 saturated carbocycles. The lowest BCUT2D eigenvalue weighted by molar-refractivity contribution is -0.146. The minimum atomic E-state index is -0.419. The van der Waals surface area contributed by atoms with E-state index in [9.17, 15) is 14.4 Å². The Labute approximate surface area is 155 Å². The number of thiazole rings is 1. The first-order valence-corrected chi connectivity index (χ1v) is 9.71. The van der Waals surface area contributed by atoms with E-state index in [1.165, 1.54) is 21.1 Å². The second-order valence-corrected chi connectivity index (χ2v) is 7.89. The van der Waals surface area contributed by atoms with Crippen LogP contribution in [-0.4, -0.2) is 82.8 Å². The molecular formula is C16H22N6O3S. The van der Waals surface area contributed by atoms with Crippen LogP contribution in [0.15, 0.2) is 5.38 Å². The molecule has 3 N–H and O–H groups in total. The van der Waals surface area contributed by atoms with E-state index in [0.717, 1.165) is 25.9 Å². The third kappa shape index (κ3) is 3.14. The Kier molecular flexibility index (Phi) is 4.53. The van der Waals surface area contributed by atoms with E-state index in [1.807, 2.05) is 4.90 Å². The van der Waals surface area contributed by atoms with Crippen LogP contribution in [0.2, 0.25) is 0 Å². The molecule has 1 aromatic rings. The Morgan fingerprint density at radius 1 is 1.27 bits per heavy atom. The molecular weight excluding hydrogens is 356 g/mol. The Hall–Kier alpha value is -2.20. The van der Waals surface area contributed by atoms with Gasteiger partial charge in [-0.3, -0.25) is 14.4 Å². The molecule has 0 bridgehead atoms. The summed E-state index contributed by atoms with van der Waals surface area (Å²) < 4.78 is 0. The van der Waals surface area contributed by atoms with E-state index in [0.29, 0.717) is 24.1 Å². The lowest BCUT2D eigenvalue weighted by Crippen LogP contribution is -2.59. The number of nitrogen functional groups attached to an aromatic ring is 1. The van der Waals surface area contributed by atoms with E-state index >= 15 is 0 Å². The summed E-state index contributed by atoms with van der Waals surface area (Å²) in [6, 6.07) is 0. The molecule has 3 saturated heterocycles. The number of fused-ring (bicyclic) bond motifs is 1. The van der Waals surface area contributed by atoms with Gasteiger partial charge in [-0.05, 0) is 31.8 Å². The second-order valence-electron chi connectivity index (χ2n) is 7.00. The number of amides is 3. The number of hydrogen-bond acceptors (Lipinski definition) is 7. The van der Waals surface area contributed by atoms with Gasteiger partial charge in [0.2, 0.25) is 11.8 Å². The van der Waals surface area contributed by atoms with E-state index in [-0.39, 0.29) is 36.5 Å². The Bertz CT molecular complexity index is 731. The van der Waals surface area contributed by atoms with Crippen molar-refractivity contribution in [3.8, 4) is 0 Å². The zero-order chi connectivity index (χ0) is 18.3. The van der Waals surface area contributed by atoms with Gasteiger partial charge < -0.3 is 25.8 Å². The van der Waals surface area contributed by atoms with Gasteiger partial charge in [-0.2, -0.15) is 0 Å².